The third-order valence-corrected chi connectivity index (χ3v) is 4.73. The van der Waals surface area contributed by atoms with E-state index in [1.165, 1.54) is 11.8 Å². The van der Waals surface area contributed by atoms with Crippen LogP contribution in [0.25, 0.3) is 11.0 Å². The van der Waals surface area contributed by atoms with Crippen LogP contribution < -0.4 is 0 Å². The molecular weight excluding hydrogens is 322 g/mol. The van der Waals surface area contributed by atoms with Gasteiger partial charge in [-0.1, -0.05) is 30.0 Å². The summed E-state index contributed by atoms with van der Waals surface area (Å²) < 4.78 is 5.89. The van der Waals surface area contributed by atoms with Crippen molar-refractivity contribution in [1.29, 1.82) is 0 Å². The molecule has 3 rings (SSSR count). The summed E-state index contributed by atoms with van der Waals surface area (Å²) in [5, 5.41) is 1.65. The predicted molar refractivity (Wildman–Crippen MR) is 95.1 cm³/mol. The Morgan fingerprint density at radius 2 is 1.83 bits per heavy atom. The lowest BCUT2D eigenvalue weighted by Crippen LogP contribution is -2.30. The second-order valence-electron chi connectivity index (χ2n) is 5.20. The fraction of sp³-hybridized carbons (Fsp3) is 0.278. The molecule has 0 atom stereocenters. The molecule has 124 valence electrons. The maximum Gasteiger partial charge on any atom is 0.289 e. The van der Waals surface area contributed by atoms with Gasteiger partial charge in [0.2, 0.25) is 0 Å². The number of carbonyl (C=O) groups is 1. The first kappa shape index (κ1) is 16.5. The highest BCUT2D eigenvalue weighted by molar-refractivity contribution is 7.98. The molecule has 24 heavy (non-hydrogen) atoms. The molecule has 1 amide bonds. The number of hydrogen-bond donors (Lipinski definition) is 0. The summed E-state index contributed by atoms with van der Waals surface area (Å²) in [6, 6.07) is 9.53. The quantitative estimate of drug-likeness (QED) is 0.501. The number of amides is 1. The summed E-state index contributed by atoms with van der Waals surface area (Å²) in [7, 11) is 0. The van der Waals surface area contributed by atoms with Crippen LogP contribution in [0.2, 0.25) is 0 Å². The zero-order chi connectivity index (χ0) is 16.9. The zero-order valence-corrected chi connectivity index (χ0v) is 14.5. The van der Waals surface area contributed by atoms with Crippen LogP contribution in [-0.2, 0) is 5.75 Å². The summed E-state index contributed by atoms with van der Waals surface area (Å²) in [6.07, 6.45) is 3.43. The molecule has 0 saturated heterocycles. The molecule has 0 aliphatic carbocycles. The van der Waals surface area contributed by atoms with E-state index in [4.69, 9.17) is 4.42 Å². The molecule has 2 aromatic heterocycles. The topological polar surface area (TPSA) is 59.2 Å². The van der Waals surface area contributed by atoms with Gasteiger partial charge in [0, 0.05) is 42.2 Å². The fourth-order valence-electron chi connectivity index (χ4n) is 2.57. The SMILES string of the molecule is CCN(CC)C(=O)c1oc2ccccc2c1CSc1ncccn1. The van der Waals surface area contributed by atoms with Crippen molar-refractivity contribution in [2.24, 2.45) is 0 Å². The average Bonchev–Trinajstić information content (AvgIpc) is 3.00. The van der Waals surface area contributed by atoms with E-state index < -0.39 is 0 Å². The Bertz CT molecular complexity index is 829. The van der Waals surface area contributed by atoms with Crippen LogP contribution in [0.4, 0.5) is 0 Å². The van der Waals surface area contributed by atoms with Crippen LogP contribution >= 0.6 is 11.8 Å². The van der Waals surface area contributed by atoms with E-state index in [1.807, 2.05) is 38.1 Å². The third-order valence-electron chi connectivity index (χ3n) is 3.83. The lowest BCUT2D eigenvalue weighted by molar-refractivity contribution is 0.0742. The molecule has 6 heteroatoms. The standard InChI is InChI=1S/C18H19N3O2S/c1-3-21(4-2)17(22)16-14(12-24-18-19-10-7-11-20-18)13-8-5-6-9-15(13)23-16/h5-11H,3-4,12H2,1-2H3. The first-order chi connectivity index (χ1) is 11.7. The summed E-state index contributed by atoms with van der Waals surface area (Å²) >= 11 is 1.50. The number of nitrogens with zero attached hydrogens (tertiary/aromatic N) is 3. The van der Waals surface area contributed by atoms with Crippen LogP contribution in [0.1, 0.15) is 30.0 Å². The van der Waals surface area contributed by atoms with Crippen molar-refractivity contribution in [2.75, 3.05) is 13.1 Å². The van der Waals surface area contributed by atoms with Crippen LogP contribution in [0.3, 0.4) is 0 Å². The Morgan fingerprint density at radius 3 is 2.54 bits per heavy atom. The predicted octanol–water partition coefficient (Wildman–Crippen LogP) is 4.00. The van der Waals surface area contributed by atoms with Crippen LogP contribution in [0, 0.1) is 0 Å². The van der Waals surface area contributed by atoms with E-state index in [0.717, 1.165) is 16.5 Å². The summed E-state index contributed by atoms with van der Waals surface area (Å²) in [6.45, 7) is 5.24. The number of thioether (sulfide) groups is 1. The lowest BCUT2D eigenvalue weighted by Gasteiger charge is -2.17. The third kappa shape index (κ3) is 3.28. The molecule has 0 unspecified atom stereocenters. The molecule has 0 bridgehead atoms. The number of benzene rings is 1. The number of hydrogen-bond acceptors (Lipinski definition) is 5. The van der Waals surface area contributed by atoms with Gasteiger partial charge in [0.15, 0.2) is 10.9 Å². The number of fused-ring (bicyclic) bond motifs is 1. The molecule has 2 heterocycles. The van der Waals surface area contributed by atoms with E-state index in [-0.39, 0.29) is 5.91 Å². The van der Waals surface area contributed by atoms with E-state index in [2.05, 4.69) is 9.97 Å². The number of carbonyl (C=O) groups excluding carboxylic acids is 1. The molecule has 0 aliphatic heterocycles. The van der Waals surface area contributed by atoms with Gasteiger partial charge in [-0.15, -0.1) is 0 Å². The van der Waals surface area contributed by atoms with E-state index in [9.17, 15) is 4.79 Å². The van der Waals surface area contributed by atoms with Crippen molar-refractivity contribution >= 4 is 28.6 Å². The summed E-state index contributed by atoms with van der Waals surface area (Å²) in [4.78, 5) is 23.0. The van der Waals surface area contributed by atoms with Crippen molar-refractivity contribution in [3.05, 3.63) is 54.0 Å². The second-order valence-corrected chi connectivity index (χ2v) is 6.15. The van der Waals surface area contributed by atoms with Gasteiger partial charge in [0.25, 0.3) is 5.91 Å². The fourth-order valence-corrected chi connectivity index (χ4v) is 3.40. The minimum atomic E-state index is -0.0687. The number of aromatic nitrogens is 2. The van der Waals surface area contributed by atoms with Crippen LogP contribution in [0.15, 0.2) is 52.3 Å². The largest absolute Gasteiger partial charge is 0.451 e. The Hall–Kier alpha value is -2.34. The lowest BCUT2D eigenvalue weighted by atomic mass is 10.1. The highest BCUT2D eigenvalue weighted by Gasteiger charge is 2.23. The first-order valence-corrected chi connectivity index (χ1v) is 8.92. The number of rotatable bonds is 6. The van der Waals surface area contributed by atoms with Crippen LogP contribution in [0.5, 0.6) is 0 Å². The summed E-state index contributed by atoms with van der Waals surface area (Å²) in [5.41, 5.74) is 1.64. The second kappa shape index (κ2) is 7.49. The van der Waals surface area contributed by atoms with Crippen molar-refractivity contribution in [3.8, 4) is 0 Å². The number of para-hydroxylation sites is 1. The van der Waals surface area contributed by atoms with Crippen molar-refractivity contribution < 1.29 is 9.21 Å². The van der Waals surface area contributed by atoms with Crippen LogP contribution in [-0.4, -0.2) is 33.9 Å². The van der Waals surface area contributed by atoms with Gasteiger partial charge in [-0.25, -0.2) is 9.97 Å². The molecule has 3 aromatic rings. The molecule has 0 radical (unpaired) electrons. The van der Waals surface area contributed by atoms with E-state index in [1.54, 1.807) is 23.4 Å². The maximum atomic E-state index is 12.8. The minimum absolute atomic E-state index is 0.0687. The van der Waals surface area contributed by atoms with Crippen molar-refractivity contribution in [3.63, 3.8) is 0 Å². The maximum absolute atomic E-state index is 12.8. The van der Waals surface area contributed by atoms with Crippen molar-refractivity contribution in [2.45, 2.75) is 24.8 Å². The van der Waals surface area contributed by atoms with Gasteiger partial charge in [0.1, 0.15) is 5.58 Å². The number of furan rings is 1. The van der Waals surface area contributed by atoms with Gasteiger partial charge < -0.3 is 9.32 Å². The average molecular weight is 341 g/mol. The Balaban J connectivity index is 1.97. The highest BCUT2D eigenvalue weighted by Crippen LogP contribution is 2.31. The van der Waals surface area contributed by atoms with Gasteiger partial charge in [-0.2, -0.15) is 0 Å². The molecule has 5 nitrogen and oxygen atoms in total. The Morgan fingerprint density at radius 1 is 1.12 bits per heavy atom. The van der Waals surface area contributed by atoms with Gasteiger partial charge in [0.05, 0.1) is 0 Å². The van der Waals surface area contributed by atoms with Gasteiger partial charge in [-0.3, -0.25) is 4.79 Å². The smallest absolute Gasteiger partial charge is 0.289 e. The molecule has 0 aliphatic rings. The molecule has 0 fully saturated rings. The van der Waals surface area contributed by atoms with Crippen molar-refractivity contribution in [1.82, 2.24) is 14.9 Å². The first-order valence-electron chi connectivity index (χ1n) is 7.94. The molecule has 0 saturated carbocycles. The summed E-state index contributed by atoms with van der Waals surface area (Å²) in [5.74, 6) is 0.938. The van der Waals surface area contributed by atoms with E-state index >= 15 is 0 Å². The zero-order valence-electron chi connectivity index (χ0n) is 13.7. The molecular formula is C18H19N3O2S. The van der Waals surface area contributed by atoms with Gasteiger partial charge >= 0.3 is 0 Å². The molecule has 1 aromatic carbocycles. The monoisotopic (exact) mass is 341 g/mol. The Kier molecular flexibility index (Phi) is 5.15. The Labute approximate surface area is 145 Å². The molecule has 0 spiro atoms. The molecule has 0 N–H and O–H groups in total. The highest BCUT2D eigenvalue weighted by atomic mass is 32.2. The van der Waals surface area contributed by atoms with Gasteiger partial charge in [-0.05, 0) is 26.0 Å². The van der Waals surface area contributed by atoms with E-state index in [0.29, 0.717) is 29.8 Å². The minimum Gasteiger partial charge on any atom is -0.451 e. The normalized spacial score (nSPS) is 10.9.